The highest BCUT2D eigenvalue weighted by Gasteiger charge is 2.33. The van der Waals surface area contributed by atoms with Crippen molar-refractivity contribution in [3.8, 4) is 0 Å². The van der Waals surface area contributed by atoms with Gasteiger partial charge in [0.2, 0.25) is 0 Å². The van der Waals surface area contributed by atoms with Crippen LogP contribution in [-0.4, -0.2) is 31.1 Å². The minimum atomic E-state index is -0.0871. The van der Waals surface area contributed by atoms with Crippen LogP contribution >= 0.6 is 12.4 Å². The van der Waals surface area contributed by atoms with E-state index in [9.17, 15) is 4.39 Å². The summed E-state index contributed by atoms with van der Waals surface area (Å²) in [7, 11) is 0. The Balaban J connectivity index is 0.00000180. The van der Waals surface area contributed by atoms with Crippen molar-refractivity contribution in [2.24, 2.45) is 5.41 Å². The second-order valence-corrected chi connectivity index (χ2v) is 6.08. The van der Waals surface area contributed by atoms with Crippen LogP contribution in [0.4, 0.5) is 4.39 Å². The van der Waals surface area contributed by atoms with Gasteiger partial charge in [-0.25, -0.2) is 4.39 Å². The number of nitrogens with one attached hydrogen (secondary N) is 1. The third-order valence-corrected chi connectivity index (χ3v) is 3.54. The standard InChI is InChI=1S/C15H23FN2.ClH/c1-15(2,3)14(18-10-8-17-9-11-18)12-6-4-5-7-13(12)16;/h4-7,14,17H,8-11H2,1-3H3;1H/t14-;/m0./s1. The summed E-state index contributed by atoms with van der Waals surface area (Å²) in [4.78, 5) is 2.40. The molecule has 2 nitrogen and oxygen atoms in total. The molecule has 0 bridgehead atoms. The molecule has 0 unspecified atom stereocenters. The van der Waals surface area contributed by atoms with Crippen LogP contribution in [0.15, 0.2) is 24.3 Å². The van der Waals surface area contributed by atoms with E-state index in [1.165, 1.54) is 0 Å². The molecule has 1 heterocycles. The van der Waals surface area contributed by atoms with E-state index < -0.39 is 0 Å². The maximum Gasteiger partial charge on any atom is 0.128 e. The van der Waals surface area contributed by atoms with Crippen molar-refractivity contribution < 1.29 is 4.39 Å². The Morgan fingerprint density at radius 3 is 2.26 bits per heavy atom. The largest absolute Gasteiger partial charge is 0.314 e. The molecule has 0 spiro atoms. The van der Waals surface area contributed by atoms with Crippen molar-refractivity contribution in [1.29, 1.82) is 0 Å². The van der Waals surface area contributed by atoms with Crippen molar-refractivity contribution in [2.45, 2.75) is 26.8 Å². The van der Waals surface area contributed by atoms with Gasteiger partial charge < -0.3 is 5.32 Å². The lowest BCUT2D eigenvalue weighted by Crippen LogP contribution is -2.48. The summed E-state index contributed by atoms with van der Waals surface area (Å²) in [5.74, 6) is -0.0871. The third-order valence-electron chi connectivity index (χ3n) is 3.54. The fourth-order valence-electron chi connectivity index (χ4n) is 2.85. The van der Waals surface area contributed by atoms with E-state index in [0.29, 0.717) is 0 Å². The Morgan fingerprint density at radius 1 is 1.16 bits per heavy atom. The Hall–Kier alpha value is -0.640. The average molecular weight is 287 g/mol. The number of hydrogen-bond donors (Lipinski definition) is 1. The molecule has 0 saturated carbocycles. The van der Waals surface area contributed by atoms with E-state index >= 15 is 0 Å². The van der Waals surface area contributed by atoms with Gasteiger partial charge in [-0.05, 0) is 11.5 Å². The molecule has 19 heavy (non-hydrogen) atoms. The van der Waals surface area contributed by atoms with E-state index in [4.69, 9.17) is 0 Å². The minimum Gasteiger partial charge on any atom is -0.314 e. The van der Waals surface area contributed by atoms with E-state index in [1.807, 2.05) is 12.1 Å². The third kappa shape index (κ3) is 3.91. The van der Waals surface area contributed by atoms with Crippen molar-refractivity contribution in [3.05, 3.63) is 35.6 Å². The lowest BCUT2D eigenvalue weighted by Gasteiger charge is -2.42. The molecule has 0 aliphatic carbocycles. The molecule has 1 aromatic rings. The van der Waals surface area contributed by atoms with Gasteiger partial charge in [0.05, 0.1) is 0 Å². The number of piperazine rings is 1. The smallest absolute Gasteiger partial charge is 0.128 e. The van der Waals surface area contributed by atoms with Gasteiger partial charge in [-0.15, -0.1) is 12.4 Å². The van der Waals surface area contributed by atoms with Crippen LogP contribution in [0.3, 0.4) is 0 Å². The van der Waals surface area contributed by atoms with Gasteiger partial charge in [0, 0.05) is 37.8 Å². The predicted octanol–water partition coefficient (Wildman–Crippen LogP) is 3.24. The predicted molar refractivity (Wildman–Crippen MR) is 80.3 cm³/mol. The molecule has 1 atom stereocenters. The van der Waals surface area contributed by atoms with E-state index in [0.717, 1.165) is 31.7 Å². The Bertz CT molecular complexity index is 397. The summed E-state index contributed by atoms with van der Waals surface area (Å²) in [6.45, 7) is 10.5. The Labute approximate surface area is 121 Å². The SMILES string of the molecule is CC(C)(C)[C@H](c1ccccc1F)N1CCNCC1.Cl. The lowest BCUT2D eigenvalue weighted by atomic mass is 9.80. The van der Waals surface area contributed by atoms with Crippen LogP contribution in [0.1, 0.15) is 32.4 Å². The Morgan fingerprint density at radius 2 is 1.74 bits per heavy atom. The van der Waals surface area contributed by atoms with Crippen LogP contribution in [0.2, 0.25) is 0 Å². The molecule has 0 radical (unpaired) electrons. The summed E-state index contributed by atoms with van der Waals surface area (Å²) < 4.78 is 14.1. The van der Waals surface area contributed by atoms with Crippen molar-refractivity contribution in [2.75, 3.05) is 26.2 Å². The fourth-order valence-corrected chi connectivity index (χ4v) is 2.85. The molecule has 2 rings (SSSR count). The minimum absolute atomic E-state index is 0. The summed E-state index contributed by atoms with van der Waals surface area (Å²) in [5, 5.41) is 3.35. The molecule has 1 N–H and O–H groups in total. The molecular formula is C15H24ClFN2. The first-order valence-corrected chi connectivity index (χ1v) is 6.69. The number of benzene rings is 1. The first-order valence-electron chi connectivity index (χ1n) is 6.69. The van der Waals surface area contributed by atoms with E-state index in [-0.39, 0.29) is 29.7 Å². The number of rotatable bonds is 2. The maximum absolute atomic E-state index is 14.1. The zero-order valence-electron chi connectivity index (χ0n) is 11.9. The molecule has 0 amide bonds. The maximum atomic E-state index is 14.1. The fraction of sp³-hybridized carbons (Fsp3) is 0.600. The van der Waals surface area contributed by atoms with Crippen LogP contribution in [-0.2, 0) is 0 Å². The van der Waals surface area contributed by atoms with Gasteiger partial charge in [0.25, 0.3) is 0 Å². The summed E-state index contributed by atoms with van der Waals surface area (Å²) in [5.41, 5.74) is 0.853. The van der Waals surface area contributed by atoms with Crippen LogP contribution < -0.4 is 5.32 Å². The van der Waals surface area contributed by atoms with Crippen molar-refractivity contribution in [1.82, 2.24) is 10.2 Å². The number of halogens is 2. The zero-order valence-corrected chi connectivity index (χ0v) is 12.8. The van der Waals surface area contributed by atoms with E-state index in [2.05, 4.69) is 31.0 Å². The highest BCUT2D eigenvalue weighted by atomic mass is 35.5. The first-order chi connectivity index (χ1) is 8.50. The normalized spacial score (nSPS) is 18.7. The molecule has 1 fully saturated rings. The van der Waals surface area contributed by atoms with Crippen molar-refractivity contribution >= 4 is 12.4 Å². The van der Waals surface area contributed by atoms with Gasteiger partial charge in [0.1, 0.15) is 5.82 Å². The monoisotopic (exact) mass is 286 g/mol. The first kappa shape index (κ1) is 16.4. The molecule has 0 aromatic heterocycles. The second-order valence-electron chi connectivity index (χ2n) is 6.08. The quantitative estimate of drug-likeness (QED) is 0.898. The summed E-state index contributed by atoms with van der Waals surface area (Å²) in [6, 6.07) is 7.32. The van der Waals surface area contributed by atoms with Gasteiger partial charge >= 0.3 is 0 Å². The molecule has 108 valence electrons. The van der Waals surface area contributed by atoms with Crippen LogP contribution in [0.25, 0.3) is 0 Å². The molecule has 1 aromatic carbocycles. The molecule has 1 saturated heterocycles. The summed E-state index contributed by atoms with van der Waals surface area (Å²) in [6.07, 6.45) is 0. The number of nitrogens with zero attached hydrogens (tertiary/aromatic N) is 1. The van der Waals surface area contributed by atoms with E-state index in [1.54, 1.807) is 12.1 Å². The van der Waals surface area contributed by atoms with Crippen LogP contribution in [0, 0.1) is 11.2 Å². The molecule has 4 heteroatoms. The topological polar surface area (TPSA) is 15.3 Å². The molecular weight excluding hydrogens is 263 g/mol. The Kier molecular flexibility index (Phi) is 5.78. The second kappa shape index (κ2) is 6.69. The molecule has 1 aliphatic rings. The lowest BCUT2D eigenvalue weighted by molar-refractivity contribution is 0.0834. The summed E-state index contributed by atoms with van der Waals surface area (Å²) >= 11 is 0. The molecule has 1 aliphatic heterocycles. The number of hydrogen-bond acceptors (Lipinski definition) is 2. The van der Waals surface area contributed by atoms with Gasteiger partial charge in [-0.2, -0.15) is 0 Å². The van der Waals surface area contributed by atoms with Gasteiger partial charge in [0.15, 0.2) is 0 Å². The van der Waals surface area contributed by atoms with Gasteiger partial charge in [-0.3, -0.25) is 4.90 Å². The highest BCUT2D eigenvalue weighted by molar-refractivity contribution is 5.85. The zero-order chi connectivity index (χ0) is 13.2. The average Bonchev–Trinajstić information content (AvgIpc) is 2.32. The van der Waals surface area contributed by atoms with Crippen molar-refractivity contribution in [3.63, 3.8) is 0 Å². The van der Waals surface area contributed by atoms with Gasteiger partial charge in [-0.1, -0.05) is 39.0 Å². The highest BCUT2D eigenvalue weighted by Crippen LogP contribution is 2.38. The van der Waals surface area contributed by atoms with Crippen LogP contribution in [0.5, 0.6) is 0 Å².